The van der Waals surface area contributed by atoms with Crippen LogP contribution < -0.4 is 5.73 Å². The van der Waals surface area contributed by atoms with E-state index in [9.17, 15) is 0 Å². The maximum absolute atomic E-state index is 6.24. The second-order valence-electron chi connectivity index (χ2n) is 5.18. The van der Waals surface area contributed by atoms with Crippen LogP contribution in [-0.2, 0) is 4.74 Å². The number of rotatable bonds is 5. The quantitative estimate of drug-likeness (QED) is 0.888. The van der Waals surface area contributed by atoms with E-state index in [2.05, 4.69) is 41.1 Å². The van der Waals surface area contributed by atoms with E-state index in [1.165, 1.54) is 24.0 Å². The minimum Gasteiger partial charge on any atom is -0.378 e. The summed E-state index contributed by atoms with van der Waals surface area (Å²) in [6, 6.07) is 6.54. The maximum atomic E-state index is 6.24. The molecule has 100 valence electrons. The Morgan fingerprint density at radius 3 is 3.00 bits per heavy atom. The van der Waals surface area contributed by atoms with E-state index < -0.39 is 0 Å². The predicted molar refractivity (Wildman–Crippen MR) is 78.6 cm³/mol. The highest BCUT2D eigenvalue weighted by atomic mass is 79.9. The molecule has 1 saturated heterocycles. The number of benzene rings is 1. The average molecular weight is 312 g/mol. The Labute approximate surface area is 118 Å². The molecule has 0 aromatic heterocycles. The van der Waals surface area contributed by atoms with E-state index in [-0.39, 0.29) is 6.04 Å². The zero-order valence-electron chi connectivity index (χ0n) is 11.0. The van der Waals surface area contributed by atoms with Crippen LogP contribution in [0.5, 0.6) is 0 Å². The molecule has 2 atom stereocenters. The Hall–Kier alpha value is -0.380. The van der Waals surface area contributed by atoms with Crippen LogP contribution in [0.25, 0.3) is 0 Å². The van der Waals surface area contributed by atoms with Gasteiger partial charge < -0.3 is 10.5 Å². The molecule has 3 heteroatoms. The summed E-state index contributed by atoms with van der Waals surface area (Å²) in [6.45, 7) is 3.05. The summed E-state index contributed by atoms with van der Waals surface area (Å²) in [5, 5.41) is 0. The first-order valence-electron chi connectivity index (χ1n) is 6.80. The summed E-state index contributed by atoms with van der Waals surface area (Å²) in [6.07, 6.45) is 6.30. The van der Waals surface area contributed by atoms with Crippen LogP contribution in [-0.4, -0.2) is 12.7 Å². The molecule has 0 aliphatic carbocycles. The lowest BCUT2D eigenvalue weighted by Gasteiger charge is -2.15. The number of halogens is 1. The van der Waals surface area contributed by atoms with Crippen LogP contribution in [0.2, 0.25) is 0 Å². The summed E-state index contributed by atoms with van der Waals surface area (Å²) in [4.78, 5) is 0. The highest BCUT2D eigenvalue weighted by molar-refractivity contribution is 9.10. The smallest absolute Gasteiger partial charge is 0.0576 e. The fourth-order valence-electron chi connectivity index (χ4n) is 2.50. The molecule has 0 spiro atoms. The van der Waals surface area contributed by atoms with Gasteiger partial charge in [-0.1, -0.05) is 28.1 Å². The topological polar surface area (TPSA) is 35.2 Å². The SMILES string of the molecule is Cc1cc(C(N)CCCC2CCCO2)ccc1Br. The molecular weight excluding hydrogens is 290 g/mol. The third-order valence-electron chi connectivity index (χ3n) is 3.68. The molecule has 0 amide bonds. The van der Waals surface area contributed by atoms with Gasteiger partial charge in [-0.3, -0.25) is 0 Å². The van der Waals surface area contributed by atoms with Gasteiger partial charge in [0.1, 0.15) is 0 Å². The van der Waals surface area contributed by atoms with Crippen LogP contribution >= 0.6 is 15.9 Å². The molecule has 1 aromatic rings. The Balaban J connectivity index is 1.79. The Bertz CT molecular complexity index is 388. The molecule has 2 N–H and O–H groups in total. The normalized spacial score (nSPS) is 21.2. The van der Waals surface area contributed by atoms with Crippen molar-refractivity contribution in [2.24, 2.45) is 5.73 Å². The van der Waals surface area contributed by atoms with Crippen molar-refractivity contribution in [3.05, 3.63) is 33.8 Å². The number of hydrogen-bond donors (Lipinski definition) is 1. The van der Waals surface area contributed by atoms with Crippen LogP contribution in [0.1, 0.15) is 49.3 Å². The van der Waals surface area contributed by atoms with Gasteiger partial charge in [-0.25, -0.2) is 0 Å². The Morgan fingerprint density at radius 1 is 1.50 bits per heavy atom. The average Bonchev–Trinajstić information content (AvgIpc) is 2.85. The van der Waals surface area contributed by atoms with Gasteiger partial charge in [0.05, 0.1) is 6.10 Å². The summed E-state index contributed by atoms with van der Waals surface area (Å²) >= 11 is 3.52. The number of ether oxygens (including phenoxy) is 1. The van der Waals surface area contributed by atoms with Crippen molar-refractivity contribution in [3.63, 3.8) is 0 Å². The second-order valence-corrected chi connectivity index (χ2v) is 6.04. The summed E-state index contributed by atoms with van der Waals surface area (Å²) < 4.78 is 6.78. The van der Waals surface area contributed by atoms with Gasteiger partial charge in [-0.15, -0.1) is 0 Å². The van der Waals surface area contributed by atoms with Crippen LogP contribution in [0, 0.1) is 6.92 Å². The van der Waals surface area contributed by atoms with Crippen LogP contribution in [0.15, 0.2) is 22.7 Å². The zero-order valence-corrected chi connectivity index (χ0v) is 12.6. The Morgan fingerprint density at radius 2 is 2.33 bits per heavy atom. The molecule has 1 heterocycles. The van der Waals surface area contributed by atoms with E-state index in [4.69, 9.17) is 10.5 Å². The van der Waals surface area contributed by atoms with E-state index in [0.29, 0.717) is 6.10 Å². The molecule has 2 nitrogen and oxygen atoms in total. The first-order valence-corrected chi connectivity index (χ1v) is 7.59. The molecule has 18 heavy (non-hydrogen) atoms. The van der Waals surface area contributed by atoms with Crippen molar-refractivity contribution < 1.29 is 4.74 Å². The fraction of sp³-hybridized carbons (Fsp3) is 0.600. The van der Waals surface area contributed by atoms with Crippen LogP contribution in [0.4, 0.5) is 0 Å². The molecule has 1 fully saturated rings. The minimum absolute atomic E-state index is 0.151. The lowest BCUT2D eigenvalue weighted by Crippen LogP contribution is -2.12. The first kappa shape index (κ1) is 14.0. The lowest BCUT2D eigenvalue weighted by atomic mass is 9.99. The van der Waals surface area contributed by atoms with Gasteiger partial charge in [-0.05, 0) is 56.2 Å². The minimum atomic E-state index is 0.151. The van der Waals surface area contributed by atoms with Crippen LogP contribution in [0.3, 0.4) is 0 Å². The van der Waals surface area contributed by atoms with E-state index in [1.807, 2.05) is 0 Å². The van der Waals surface area contributed by atoms with E-state index >= 15 is 0 Å². The maximum Gasteiger partial charge on any atom is 0.0576 e. The van der Waals surface area contributed by atoms with Crippen molar-refractivity contribution >= 4 is 15.9 Å². The summed E-state index contributed by atoms with van der Waals surface area (Å²) in [7, 11) is 0. The monoisotopic (exact) mass is 311 g/mol. The number of aryl methyl sites for hydroxylation is 1. The summed E-state index contributed by atoms with van der Waals surface area (Å²) in [5.41, 5.74) is 8.73. The van der Waals surface area contributed by atoms with Crippen molar-refractivity contribution in [1.29, 1.82) is 0 Å². The third kappa shape index (κ3) is 3.81. The highest BCUT2D eigenvalue weighted by Crippen LogP contribution is 2.24. The molecular formula is C15H22BrNO. The number of hydrogen-bond acceptors (Lipinski definition) is 2. The third-order valence-corrected chi connectivity index (χ3v) is 4.57. The molecule has 0 saturated carbocycles. The molecule has 2 unspecified atom stereocenters. The second kappa shape index (κ2) is 6.69. The van der Waals surface area contributed by atoms with Gasteiger partial charge in [0.25, 0.3) is 0 Å². The largest absolute Gasteiger partial charge is 0.378 e. The molecule has 0 radical (unpaired) electrons. The fourth-order valence-corrected chi connectivity index (χ4v) is 2.75. The lowest BCUT2D eigenvalue weighted by molar-refractivity contribution is 0.101. The zero-order chi connectivity index (χ0) is 13.0. The first-order chi connectivity index (χ1) is 8.66. The molecule has 1 aromatic carbocycles. The van der Waals surface area contributed by atoms with Crippen molar-refractivity contribution in [2.45, 2.75) is 51.2 Å². The highest BCUT2D eigenvalue weighted by Gasteiger charge is 2.15. The van der Waals surface area contributed by atoms with Gasteiger partial charge in [0.2, 0.25) is 0 Å². The van der Waals surface area contributed by atoms with Gasteiger partial charge in [0, 0.05) is 17.1 Å². The van der Waals surface area contributed by atoms with E-state index in [0.717, 1.165) is 30.3 Å². The Kier molecular flexibility index (Phi) is 5.22. The molecule has 1 aliphatic rings. The van der Waals surface area contributed by atoms with Crippen molar-refractivity contribution in [2.75, 3.05) is 6.61 Å². The van der Waals surface area contributed by atoms with Gasteiger partial charge in [-0.2, -0.15) is 0 Å². The predicted octanol–water partition coefficient (Wildman–Crippen LogP) is 4.11. The molecule has 1 aliphatic heterocycles. The van der Waals surface area contributed by atoms with E-state index in [1.54, 1.807) is 0 Å². The van der Waals surface area contributed by atoms with Gasteiger partial charge >= 0.3 is 0 Å². The standard InChI is InChI=1S/C15H22BrNO/c1-11-10-12(7-8-14(11)16)15(17)6-2-4-13-5-3-9-18-13/h7-8,10,13,15H,2-6,9,17H2,1H3. The molecule has 0 bridgehead atoms. The number of nitrogens with two attached hydrogens (primary N) is 1. The van der Waals surface area contributed by atoms with Crippen molar-refractivity contribution in [3.8, 4) is 0 Å². The van der Waals surface area contributed by atoms with Crippen molar-refractivity contribution in [1.82, 2.24) is 0 Å². The van der Waals surface area contributed by atoms with Gasteiger partial charge in [0.15, 0.2) is 0 Å². The molecule has 2 rings (SSSR count). The summed E-state index contributed by atoms with van der Waals surface area (Å²) in [5.74, 6) is 0.